The number of allylic oxidation sites excluding steroid dienone is 1. The zero-order valence-corrected chi connectivity index (χ0v) is 25.0. The smallest absolute Gasteiger partial charge is 0.306 e. The number of ether oxygens (including phenoxy) is 1. The molecule has 4 unspecified atom stereocenters. The molecule has 0 saturated heterocycles. The van der Waals surface area contributed by atoms with Crippen molar-refractivity contribution in [2.24, 2.45) is 46.3 Å². The Kier molecular flexibility index (Phi) is 8.47. The molecule has 38 heavy (non-hydrogen) atoms. The Morgan fingerprint density at radius 1 is 0.974 bits per heavy atom. The molecule has 8 atom stereocenters. The average molecular weight is 519 g/mol. The van der Waals surface area contributed by atoms with Gasteiger partial charge < -0.3 is 4.74 Å². The highest BCUT2D eigenvalue weighted by Crippen LogP contribution is 2.67. The highest BCUT2D eigenvalue weighted by atomic mass is 16.5. The van der Waals surface area contributed by atoms with Crippen molar-refractivity contribution in [1.82, 2.24) is 0 Å². The van der Waals surface area contributed by atoms with Crippen LogP contribution in [0.2, 0.25) is 0 Å². The third-order valence-corrected chi connectivity index (χ3v) is 12.0. The highest BCUT2D eigenvalue weighted by Gasteiger charge is 2.59. The van der Waals surface area contributed by atoms with Gasteiger partial charge in [0.25, 0.3) is 0 Å². The molecule has 4 aliphatic carbocycles. The summed E-state index contributed by atoms with van der Waals surface area (Å²) in [4.78, 5) is 12.7. The predicted octanol–water partition coefficient (Wildman–Crippen LogP) is 9.57. The minimum Gasteiger partial charge on any atom is -0.462 e. The first kappa shape index (κ1) is 28.0. The SMILES string of the molecule is CC(C)CCC[C@@H](C)[C@H]1CCC2C3CC=C4CC(OC(=O)CCc5ccccc5)CC[C@]4(C)C3CC[C@@]21C. The van der Waals surface area contributed by atoms with Crippen molar-refractivity contribution in [3.63, 3.8) is 0 Å². The Morgan fingerprint density at radius 3 is 2.53 bits per heavy atom. The monoisotopic (exact) mass is 518 g/mol. The van der Waals surface area contributed by atoms with E-state index in [0.29, 0.717) is 17.3 Å². The maximum absolute atomic E-state index is 12.7. The van der Waals surface area contributed by atoms with E-state index in [1.807, 2.05) is 18.2 Å². The predicted molar refractivity (Wildman–Crippen MR) is 158 cm³/mol. The van der Waals surface area contributed by atoms with E-state index in [1.54, 1.807) is 5.57 Å². The van der Waals surface area contributed by atoms with Crippen molar-refractivity contribution in [2.45, 2.75) is 124 Å². The van der Waals surface area contributed by atoms with Crippen molar-refractivity contribution in [3.05, 3.63) is 47.5 Å². The lowest BCUT2D eigenvalue weighted by Crippen LogP contribution is -2.51. The van der Waals surface area contributed by atoms with E-state index in [9.17, 15) is 4.79 Å². The number of benzene rings is 1. The molecule has 0 radical (unpaired) electrons. The largest absolute Gasteiger partial charge is 0.462 e. The van der Waals surface area contributed by atoms with Crippen LogP contribution in [0, 0.1) is 46.3 Å². The van der Waals surface area contributed by atoms with E-state index in [0.717, 1.165) is 54.8 Å². The fourth-order valence-electron chi connectivity index (χ4n) is 9.89. The van der Waals surface area contributed by atoms with Crippen molar-refractivity contribution in [3.8, 4) is 0 Å². The average Bonchev–Trinajstić information content (AvgIpc) is 3.25. The number of hydrogen-bond donors (Lipinski definition) is 0. The van der Waals surface area contributed by atoms with Crippen LogP contribution in [0.4, 0.5) is 0 Å². The van der Waals surface area contributed by atoms with Gasteiger partial charge >= 0.3 is 5.97 Å². The summed E-state index contributed by atoms with van der Waals surface area (Å²) in [6, 6.07) is 10.3. The number of hydrogen-bond acceptors (Lipinski definition) is 2. The summed E-state index contributed by atoms with van der Waals surface area (Å²) in [7, 11) is 0. The number of carbonyl (C=O) groups excluding carboxylic acids is 1. The molecule has 0 heterocycles. The number of esters is 1. The van der Waals surface area contributed by atoms with Crippen LogP contribution in [0.25, 0.3) is 0 Å². The lowest BCUT2D eigenvalue weighted by Gasteiger charge is -2.58. The lowest BCUT2D eigenvalue weighted by molar-refractivity contribution is -0.151. The molecule has 4 aliphatic rings. The first-order chi connectivity index (χ1) is 18.2. The summed E-state index contributed by atoms with van der Waals surface area (Å²) in [5.74, 6) is 5.20. The summed E-state index contributed by atoms with van der Waals surface area (Å²) in [6.45, 7) is 12.6. The van der Waals surface area contributed by atoms with Gasteiger partial charge in [-0.3, -0.25) is 4.79 Å². The molecule has 0 aliphatic heterocycles. The standard InChI is InChI=1S/C36H54O2/c1-25(2)10-9-11-26(3)31-17-18-32-30-16-15-28-24-29(38-34(37)19-14-27-12-7-6-8-13-27)20-22-35(28,4)33(30)21-23-36(31,32)5/h6-8,12-13,15,25-26,29-33H,9-11,14,16-24H2,1-5H3/t26-,29?,30?,31-,32?,33?,35+,36-/m1/s1. The third kappa shape index (κ3) is 5.53. The number of aryl methyl sites for hydroxylation is 1. The van der Waals surface area contributed by atoms with Crippen LogP contribution >= 0.6 is 0 Å². The Bertz CT molecular complexity index is 978. The minimum atomic E-state index is -0.0234. The Hall–Kier alpha value is -1.57. The summed E-state index contributed by atoms with van der Waals surface area (Å²) in [5.41, 5.74) is 3.69. The molecule has 1 aromatic rings. The zero-order valence-electron chi connectivity index (χ0n) is 25.0. The van der Waals surface area contributed by atoms with Crippen molar-refractivity contribution < 1.29 is 9.53 Å². The molecule has 3 fully saturated rings. The van der Waals surface area contributed by atoms with E-state index in [1.165, 1.54) is 63.4 Å². The van der Waals surface area contributed by atoms with Gasteiger partial charge in [-0.1, -0.05) is 95.9 Å². The molecule has 0 bridgehead atoms. The van der Waals surface area contributed by atoms with E-state index in [-0.39, 0.29) is 12.1 Å². The number of rotatable bonds is 9. The van der Waals surface area contributed by atoms with Crippen molar-refractivity contribution in [1.29, 1.82) is 0 Å². The summed E-state index contributed by atoms with van der Waals surface area (Å²) in [5, 5.41) is 0. The van der Waals surface area contributed by atoms with Gasteiger partial charge in [-0.05, 0) is 103 Å². The molecule has 3 saturated carbocycles. The quantitative estimate of drug-likeness (QED) is 0.240. The molecule has 1 aromatic carbocycles. The van der Waals surface area contributed by atoms with Crippen LogP contribution in [0.5, 0.6) is 0 Å². The number of fused-ring (bicyclic) bond motifs is 5. The molecular weight excluding hydrogens is 464 g/mol. The first-order valence-electron chi connectivity index (χ1n) is 16.1. The molecular formula is C36H54O2. The molecule has 0 spiro atoms. The van der Waals surface area contributed by atoms with Gasteiger partial charge in [0, 0.05) is 12.8 Å². The summed E-state index contributed by atoms with van der Waals surface area (Å²) < 4.78 is 6.04. The van der Waals surface area contributed by atoms with Crippen LogP contribution in [-0.2, 0) is 16.0 Å². The lowest BCUT2D eigenvalue weighted by atomic mass is 9.47. The summed E-state index contributed by atoms with van der Waals surface area (Å²) in [6.07, 6.45) is 18.4. The van der Waals surface area contributed by atoms with Gasteiger partial charge in [-0.25, -0.2) is 0 Å². The second kappa shape index (κ2) is 11.5. The van der Waals surface area contributed by atoms with Crippen LogP contribution < -0.4 is 0 Å². The van der Waals surface area contributed by atoms with Crippen LogP contribution in [0.15, 0.2) is 42.0 Å². The normalized spacial score (nSPS) is 37.1. The minimum absolute atomic E-state index is 0.0234. The number of carbonyl (C=O) groups is 1. The molecule has 210 valence electrons. The van der Waals surface area contributed by atoms with E-state index in [4.69, 9.17) is 4.74 Å². The highest BCUT2D eigenvalue weighted by molar-refractivity contribution is 5.70. The maximum Gasteiger partial charge on any atom is 0.306 e. The van der Waals surface area contributed by atoms with Gasteiger partial charge in [0.05, 0.1) is 0 Å². The Balaban J connectivity index is 1.19. The fourth-order valence-corrected chi connectivity index (χ4v) is 9.89. The first-order valence-corrected chi connectivity index (χ1v) is 16.1. The maximum atomic E-state index is 12.7. The molecule has 0 N–H and O–H groups in total. The van der Waals surface area contributed by atoms with Crippen LogP contribution in [-0.4, -0.2) is 12.1 Å². The van der Waals surface area contributed by atoms with Gasteiger partial charge in [-0.2, -0.15) is 0 Å². The molecule has 0 amide bonds. The fraction of sp³-hybridized carbons (Fsp3) is 0.750. The second-order valence-electron chi connectivity index (χ2n) is 14.6. The van der Waals surface area contributed by atoms with Crippen molar-refractivity contribution in [2.75, 3.05) is 0 Å². The Labute approximate surface area is 233 Å². The molecule has 2 nitrogen and oxygen atoms in total. The van der Waals surface area contributed by atoms with E-state index < -0.39 is 0 Å². The molecule has 0 aromatic heterocycles. The topological polar surface area (TPSA) is 26.3 Å². The second-order valence-corrected chi connectivity index (χ2v) is 14.6. The Morgan fingerprint density at radius 2 is 1.76 bits per heavy atom. The zero-order chi connectivity index (χ0) is 26.9. The van der Waals surface area contributed by atoms with E-state index >= 15 is 0 Å². The molecule has 2 heteroatoms. The van der Waals surface area contributed by atoms with Crippen molar-refractivity contribution >= 4 is 5.97 Å². The summed E-state index contributed by atoms with van der Waals surface area (Å²) >= 11 is 0. The van der Waals surface area contributed by atoms with Gasteiger partial charge in [0.15, 0.2) is 0 Å². The van der Waals surface area contributed by atoms with E-state index in [2.05, 4.69) is 52.8 Å². The van der Waals surface area contributed by atoms with Crippen LogP contribution in [0.1, 0.15) is 117 Å². The molecule has 5 rings (SSSR count). The van der Waals surface area contributed by atoms with Gasteiger partial charge in [0.1, 0.15) is 6.10 Å². The third-order valence-electron chi connectivity index (χ3n) is 12.0. The van der Waals surface area contributed by atoms with Gasteiger partial charge in [0.2, 0.25) is 0 Å². The van der Waals surface area contributed by atoms with Gasteiger partial charge in [-0.15, -0.1) is 0 Å². The van der Waals surface area contributed by atoms with Crippen LogP contribution in [0.3, 0.4) is 0 Å².